The fourth-order valence-electron chi connectivity index (χ4n) is 1.12. The lowest BCUT2D eigenvalue weighted by Crippen LogP contribution is -2.16. The highest BCUT2D eigenvalue weighted by Crippen LogP contribution is 2.63. The lowest BCUT2D eigenvalue weighted by atomic mass is 10.4. The fraction of sp³-hybridized carbons (Fsp3) is 1.00. The van der Waals surface area contributed by atoms with Crippen molar-refractivity contribution in [3.05, 3.63) is 0 Å². The standard InChI is InChI=1S/C8H17FO4P/c1-3-12-14(10,13-4-2)8(9)5-7-6-11-7/h7-8,10H,3-6H2,1-2H3/q+1/t7-,8?/m0/s1. The Labute approximate surface area is 83.9 Å². The van der Waals surface area contributed by atoms with Gasteiger partial charge >= 0.3 is 7.94 Å². The zero-order valence-electron chi connectivity index (χ0n) is 8.48. The van der Waals surface area contributed by atoms with Gasteiger partial charge in [-0.15, -0.1) is 0 Å². The van der Waals surface area contributed by atoms with E-state index in [1.54, 1.807) is 13.8 Å². The third kappa shape index (κ3) is 3.41. The van der Waals surface area contributed by atoms with Crippen LogP contribution in [-0.4, -0.2) is 36.7 Å². The highest BCUT2D eigenvalue weighted by atomic mass is 31.2. The van der Waals surface area contributed by atoms with Crippen molar-refractivity contribution in [2.24, 2.45) is 0 Å². The number of hydrogen-bond donors (Lipinski definition) is 1. The van der Waals surface area contributed by atoms with Crippen molar-refractivity contribution < 1.29 is 23.1 Å². The molecule has 0 aromatic heterocycles. The first-order chi connectivity index (χ1) is 6.62. The molecule has 1 saturated heterocycles. The summed E-state index contributed by atoms with van der Waals surface area (Å²) in [5.74, 6) is -1.46. The summed E-state index contributed by atoms with van der Waals surface area (Å²) in [4.78, 5) is 9.79. The summed E-state index contributed by atoms with van der Waals surface area (Å²) in [7, 11) is -3.32. The van der Waals surface area contributed by atoms with Crippen LogP contribution in [0.15, 0.2) is 0 Å². The minimum atomic E-state index is -3.32. The average molecular weight is 227 g/mol. The van der Waals surface area contributed by atoms with E-state index in [0.717, 1.165) is 0 Å². The smallest absolute Gasteiger partial charge is 0.373 e. The quantitative estimate of drug-likeness (QED) is 0.533. The number of alkyl halides is 1. The summed E-state index contributed by atoms with van der Waals surface area (Å²) < 4.78 is 28.4. The maximum atomic E-state index is 13.6. The van der Waals surface area contributed by atoms with Gasteiger partial charge < -0.3 is 4.74 Å². The molecule has 0 saturated carbocycles. The number of epoxide rings is 1. The first kappa shape index (κ1) is 12.3. The van der Waals surface area contributed by atoms with Gasteiger partial charge in [-0.1, -0.05) is 0 Å². The van der Waals surface area contributed by atoms with E-state index in [1.807, 2.05) is 0 Å². The molecule has 0 aliphatic carbocycles. The predicted molar refractivity (Wildman–Crippen MR) is 51.6 cm³/mol. The lowest BCUT2D eigenvalue weighted by molar-refractivity contribution is 0.153. The van der Waals surface area contributed by atoms with Crippen LogP contribution >= 0.6 is 7.94 Å². The third-order valence-corrected chi connectivity index (χ3v) is 4.02. The molecular weight excluding hydrogens is 210 g/mol. The molecule has 1 heterocycles. The van der Waals surface area contributed by atoms with E-state index in [2.05, 4.69) is 0 Å². The van der Waals surface area contributed by atoms with Crippen LogP contribution in [0.1, 0.15) is 20.3 Å². The summed E-state index contributed by atoms with van der Waals surface area (Å²) >= 11 is 0. The molecule has 0 aromatic rings. The number of ether oxygens (including phenoxy) is 1. The lowest BCUT2D eigenvalue weighted by Gasteiger charge is -2.18. The average Bonchev–Trinajstić information content (AvgIpc) is 2.89. The molecule has 2 atom stereocenters. The number of halogens is 1. The Morgan fingerprint density at radius 2 is 2.00 bits per heavy atom. The van der Waals surface area contributed by atoms with Crippen molar-refractivity contribution in [1.29, 1.82) is 0 Å². The molecule has 0 spiro atoms. The Balaban J connectivity index is 2.44. The Kier molecular flexibility index (Phi) is 4.67. The first-order valence-electron chi connectivity index (χ1n) is 4.78. The van der Waals surface area contributed by atoms with Crippen LogP contribution in [0.25, 0.3) is 0 Å². The Hall–Kier alpha value is 0.200. The zero-order chi connectivity index (χ0) is 10.6. The van der Waals surface area contributed by atoms with Crippen LogP contribution in [0.5, 0.6) is 0 Å². The Morgan fingerprint density at radius 3 is 2.36 bits per heavy atom. The van der Waals surface area contributed by atoms with Crippen molar-refractivity contribution >= 4 is 7.94 Å². The van der Waals surface area contributed by atoms with Gasteiger partial charge in [0, 0.05) is 0 Å². The molecule has 0 radical (unpaired) electrons. The SMILES string of the molecule is CCO[P+](O)(OCC)C(F)C[C@H]1CO1. The summed E-state index contributed by atoms with van der Waals surface area (Å²) in [5, 5.41) is 0. The van der Waals surface area contributed by atoms with Crippen molar-refractivity contribution in [2.45, 2.75) is 32.3 Å². The van der Waals surface area contributed by atoms with Crippen molar-refractivity contribution in [1.82, 2.24) is 0 Å². The summed E-state index contributed by atoms with van der Waals surface area (Å²) in [6.07, 6.45) is 0.0852. The minimum absolute atomic E-state index is 0.0718. The summed E-state index contributed by atoms with van der Waals surface area (Å²) in [6, 6.07) is 0. The topological polar surface area (TPSA) is 51.2 Å². The second-order valence-electron chi connectivity index (χ2n) is 3.03. The van der Waals surface area contributed by atoms with E-state index in [0.29, 0.717) is 6.61 Å². The second kappa shape index (κ2) is 5.33. The van der Waals surface area contributed by atoms with E-state index in [4.69, 9.17) is 13.8 Å². The molecule has 1 unspecified atom stereocenters. The zero-order valence-corrected chi connectivity index (χ0v) is 9.37. The van der Waals surface area contributed by atoms with Gasteiger partial charge in [-0.2, -0.15) is 18.3 Å². The molecule has 0 bridgehead atoms. The molecule has 84 valence electrons. The molecule has 0 aromatic carbocycles. The Bertz CT molecular complexity index is 171. The highest BCUT2D eigenvalue weighted by Gasteiger charge is 2.52. The van der Waals surface area contributed by atoms with Crippen LogP contribution in [0.3, 0.4) is 0 Å². The van der Waals surface area contributed by atoms with E-state index in [9.17, 15) is 9.28 Å². The minimum Gasteiger partial charge on any atom is -0.373 e. The predicted octanol–water partition coefficient (Wildman–Crippen LogP) is 1.90. The number of hydrogen-bond acceptors (Lipinski definition) is 4. The molecule has 1 aliphatic heterocycles. The van der Waals surface area contributed by atoms with Gasteiger partial charge in [0.15, 0.2) is 0 Å². The van der Waals surface area contributed by atoms with E-state index < -0.39 is 13.9 Å². The van der Waals surface area contributed by atoms with Crippen molar-refractivity contribution in [2.75, 3.05) is 19.8 Å². The molecule has 1 fully saturated rings. The van der Waals surface area contributed by atoms with Gasteiger partial charge in [0.05, 0.1) is 32.3 Å². The number of rotatable bonds is 7. The van der Waals surface area contributed by atoms with Crippen LogP contribution in [-0.2, 0) is 13.8 Å². The summed E-state index contributed by atoms with van der Waals surface area (Å²) in [5.41, 5.74) is 0. The second-order valence-corrected chi connectivity index (χ2v) is 5.23. The van der Waals surface area contributed by atoms with Gasteiger partial charge in [0.2, 0.25) is 0 Å². The monoisotopic (exact) mass is 227 g/mol. The van der Waals surface area contributed by atoms with Gasteiger partial charge in [0.1, 0.15) is 0 Å². The van der Waals surface area contributed by atoms with Crippen LogP contribution in [0.4, 0.5) is 4.39 Å². The molecule has 4 nitrogen and oxygen atoms in total. The van der Waals surface area contributed by atoms with Crippen LogP contribution in [0.2, 0.25) is 0 Å². The van der Waals surface area contributed by atoms with Crippen LogP contribution < -0.4 is 0 Å². The van der Waals surface area contributed by atoms with E-state index in [-0.39, 0.29) is 25.7 Å². The van der Waals surface area contributed by atoms with Crippen molar-refractivity contribution in [3.63, 3.8) is 0 Å². The van der Waals surface area contributed by atoms with Gasteiger partial charge in [-0.05, 0) is 13.8 Å². The molecule has 0 amide bonds. The first-order valence-corrected chi connectivity index (χ1v) is 6.43. The third-order valence-electron chi connectivity index (χ3n) is 1.84. The molecule has 1 N–H and O–H groups in total. The molecule has 1 aliphatic rings. The highest BCUT2D eigenvalue weighted by molar-refractivity contribution is 7.61. The van der Waals surface area contributed by atoms with Gasteiger partial charge in [0.25, 0.3) is 5.91 Å². The fourth-order valence-corrected chi connectivity index (χ4v) is 2.76. The maximum Gasteiger partial charge on any atom is 0.444 e. The molecular formula is C8H17FO4P+. The maximum absolute atomic E-state index is 13.6. The Morgan fingerprint density at radius 1 is 1.50 bits per heavy atom. The van der Waals surface area contributed by atoms with E-state index >= 15 is 0 Å². The summed E-state index contributed by atoms with van der Waals surface area (Å²) in [6.45, 7) is 4.46. The van der Waals surface area contributed by atoms with E-state index in [1.165, 1.54) is 0 Å². The van der Waals surface area contributed by atoms with Crippen molar-refractivity contribution in [3.8, 4) is 0 Å². The normalized spacial score (nSPS) is 23.6. The van der Waals surface area contributed by atoms with Crippen LogP contribution in [0, 0.1) is 0 Å². The van der Waals surface area contributed by atoms with Gasteiger partial charge in [-0.25, -0.2) is 0 Å². The molecule has 6 heteroatoms. The molecule has 1 rings (SSSR count). The molecule has 14 heavy (non-hydrogen) atoms. The largest absolute Gasteiger partial charge is 0.444 e. The van der Waals surface area contributed by atoms with Gasteiger partial charge in [-0.3, -0.25) is 0 Å².